The number of hydrogen-bond donors (Lipinski definition) is 1. The maximum atomic E-state index is 11.0. The monoisotopic (exact) mass is 213 g/mol. The molecule has 15 heavy (non-hydrogen) atoms. The second kappa shape index (κ2) is 6.45. The molecule has 0 aromatic rings. The maximum Gasteiger partial charge on any atom is 0.407 e. The number of carbonyl (C=O) groups is 1. The van der Waals surface area contributed by atoms with Gasteiger partial charge in [0.2, 0.25) is 0 Å². The minimum atomic E-state index is -0.376. The molecular formula is C11H19NO3. The Labute approximate surface area is 90.6 Å². The van der Waals surface area contributed by atoms with E-state index < -0.39 is 0 Å². The Balaban J connectivity index is 2.43. The molecule has 1 amide bonds. The van der Waals surface area contributed by atoms with Crippen LogP contribution in [0.4, 0.5) is 4.79 Å². The molecule has 2 unspecified atom stereocenters. The van der Waals surface area contributed by atoms with Gasteiger partial charge in [-0.15, -0.1) is 0 Å². The largest absolute Gasteiger partial charge is 0.442 e. The number of alkyl carbamates (subject to hydrolysis) is 1. The van der Waals surface area contributed by atoms with Gasteiger partial charge in [0.25, 0.3) is 0 Å². The van der Waals surface area contributed by atoms with Gasteiger partial charge in [-0.25, -0.2) is 4.79 Å². The van der Waals surface area contributed by atoms with E-state index in [1.807, 2.05) is 6.08 Å². The maximum absolute atomic E-state index is 11.0. The first-order valence-corrected chi connectivity index (χ1v) is 5.34. The number of ether oxygens (including phenoxy) is 2. The number of carbonyl (C=O) groups excluding carboxylic acids is 1. The van der Waals surface area contributed by atoms with Crippen molar-refractivity contribution < 1.29 is 14.3 Å². The summed E-state index contributed by atoms with van der Waals surface area (Å²) in [4.78, 5) is 11.0. The lowest BCUT2D eigenvalue weighted by molar-refractivity contribution is 0.0647. The van der Waals surface area contributed by atoms with Crippen molar-refractivity contribution in [2.45, 2.75) is 37.9 Å². The minimum absolute atomic E-state index is 0.122. The van der Waals surface area contributed by atoms with Crippen molar-refractivity contribution in [3.63, 3.8) is 0 Å². The van der Waals surface area contributed by atoms with Crippen molar-refractivity contribution in [3.8, 4) is 0 Å². The van der Waals surface area contributed by atoms with E-state index in [4.69, 9.17) is 9.47 Å². The summed E-state index contributed by atoms with van der Waals surface area (Å²) in [5.74, 6) is 0. The molecule has 0 heterocycles. The van der Waals surface area contributed by atoms with Crippen molar-refractivity contribution in [2.75, 3.05) is 14.2 Å². The summed E-state index contributed by atoms with van der Waals surface area (Å²) in [6.45, 7) is 0. The first-order chi connectivity index (χ1) is 7.26. The molecule has 0 aromatic carbocycles. The van der Waals surface area contributed by atoms with Gasteiger partial charge in [0.15, 0.2) is 0 Å². The molecular weight excluding hydrogens is 194 g/mol. The molecule has 4 heteroatoms. The van der Waals surface area contributed by atoms with Gasteiger partial charge in [-0.3, -0.25) is 0 Å². The van der Waals surface area contributed by atoms with Crippen LogP contribution in [0.15, 0.2) is 12.2 Å². The average Bonchev–Trinajstić information content (AvgIpc) is 2.22. The van der Waals surface area contributed by atoms with Crippen molar-refractivity contribution in [3.05, 3.63) is 12.2 Å². The van der Waals surface area contributed by atoms with Crippen molar-refractivity contribution >= 4 is 6.09 Å². The zero-order chi connectivity index (χ0) is 11.1. The first-order valence-electron chi connectivity index (χ1n) is 5.34. The molecule has 86 valence electrons. The second-order valence-corrected chi connectivity index (χ2v) is 3.63. The van der Waals surface area contributed by atoms with Crippen LogP contribution in [-0.2, 0) is 9.47 Å². The molecule has 1 N–H and O–H groups in total. The number of methoxy groups -OCH3 is 1. The fraction of sp³-hybridized carbons (Fsp3) is 0.727. The molecule has 1 aliphatic rings. The standard InChI is InChI=1S/C11H19NO3/c1-12-11(13)15-10-6-4-3-5-9(14-2)7-8-10/h4,6,9-10H,3,5,7-8H2,1-2H3,(H,12,13)/b6-4+. The predicted molar refractivity (Wildman–Crippen MR) is 57.7 cm³/mol. The van der Waals surface area contributed by atoms with Gasteiger partial charge in [0, 0.05) is 14.2 Å². The molecule has 0 saturated carbocycles. The third kappa shape index (κ3) is 4.34. The lowest BCUT2D eigenvalue weighted by Gasteiger charge is -2.20. The van der Waals surface area contributed by atoms with Gasteiger partial charge in [0.05, 0.1) is 6.10 Å². The van der Waals surface area contributed by atoms with E-state index in [0.29, 0.717) is 0 Å². The van der Waals surface area contributed by atoms with Crippen molar-refractivity contribution in [1.82, 2.24) is 5.32 Å². The van der Waals surface area contributed by atoms with E-state index in [9.17, 15) is 4.79 Å². The van der Waals surface area contributed by atoms with E-state index >= 15 is 0 Å². The first kappa shape index (κ1) is 12.0. The number of allylic oxidation sites excluding steroid dienone is 1. The van der Waals surface area contributed by atoms with Crippen LogP contribution >= 0.6 is 0 Å². The van der Waals surface area contributed by atoms with Crippen LogP contribution in [0.2, 0.25) is 0 Å². The SMILES string of the molecule is CNC(=O)OC1/C=C/CCC(OC)CC1. The Morgan fingerprint density at radius 3 is 2.87 bits per heavy atom. The van der Waals surface area contributed by atoms with Gasteiger partial charge >= 0.3 is 6.09 Å². The second-order valence-electron chi connectivity index (χ2n) is 3.63. The van der Waals surface area contributed by atoms with Crippen LogP contribution in [-0.4, -0.2) is 32.5 Å². The summed E-state index contributed by atoms with van der Waals surface area (Å²) in [6.07, 6.45) is 7.57. The Morgan fingerprint density at radius 2 is 2.20 bits per heavy atom. The molecule has 0 aromatic heterocycles. The van der Waals surface area contributed by atoms with Crippen LogP contribution in [0.1, 0.15) is 25.7 Å². The number of hydrogen-bond acceptors (Lipinski definition) is 3. The fourth-order valence-corrected chi connectivity index (χ4v) is 1.65. The highest BCUT2D eigenvalue weighted by atomic mass is 16.6. The Hall–Kier alpha value is -1.03. The van der Waals surface area contributed by atoms with Gasteiger partial charge < -0.3 is 14.8 Å². The average molecular weight is 213 g/mol. The highest BCUT2D eigenvalue weighted by molar-refractivity contribution is 5.67. The van der Waals surface area contributed by atoms with Crippen molar-refractivity contribution in [2.24, 2.45) is 0 Å². The summed E-state index contributed by atoms with van der Waals surface area (Å²) in [7, 11) is 3.29. The van der Waals surface area contributed by atoms with Gasteiger partial charge in [-0.05, 0) is 31.8 Å². The van der Waals surface area contributed by atoms with Gasteiger partial charge in [-0.1, -0.05) is 6.08 Å². The third-order valence-electron chi connectivity index (χ3n) is 2.58. The lowest BCUT2D eigenvalue weighted by Crippen LogP contribution is -2.26. The van der Waals surface area contributed by atoms with Crippen LogP contribution in [0.25, 0.3) is 0 Å². The smallest absolute Gasteiger partial charge is 0.407 e. The quantitative estimate of drug-likeness (QED) is 0.712. The molecule has 0 spiro atoms. The molecule has 0 fully saturated rings. The molecule has 0 aliphatic heterocycles. The number of rotatable bonds is 2. The lowest BCUT2D eigenvalue weighted by atomic mass is 10.0. The van der Waals surface area contributed by atoms with Crippen molar-refractivity contribution in [1.29, 1.82) is 0 Å². The van der Waals surface area contributed by atoms with Gasteiger partial charge in [0.1, 0.15) is 6.10 Å². The Morgan fingerprint density at radius 1 is 1.40 bits per heavy atom. The van der Waals surface area contributed by atoms with E-state index in [2.05, 4.69) is 11.4 Å². The molecule has 0 radical (unpaired) electrons. The fourth-order valence-electron chi connectivity index (χ4n) is 1.65. The zero-order valence-electron chi connectivity index (χ0n) is 9.36. The summed E-state index contributed by atoms with van der Waals surface area (Å²) < 4.78 is 10.5. The highest BCUT2D eigenvalue weighted by Crippen LogP contribution is 2.17. The van der Waals surface area contributed by atoms with Gasteiger partial charge in [-0.2, -0.15) is 0 Å². The van der Waals surface area contributed by atoms with Crippen LogP contribution in [0.3, 0.4) is 0 Å². The molecule has 0 saturated heterocycles. The normalized spacial score (nSPS) is 28.7. The minimum Gasteiger partial charge on any atom is -0.442 e. The summed E-state index contributed by atoms with van der Waals surface area (Å²) in [6, 6.07) is 0. The summed E-state index contributed by atoms with van der Waals surface area (Å²) in [5.41, 5.74) is 0. The molecule has 1 aliphatic carbocycles. The summed E-state index contributed by atoms with van der Waals surface area (Å²) in [5, 5.41) is 2.45. The molecule has 4 nitrogen and oxygen atoms in total. The number of amides is 1. The summed E-state index contributed by atoms with van der Waals surface area (Å²) >= 11 is 0. The molecule has 2 atom stereocenters. The van der Waals surface area contributed by atoms with E-state index in [-0.39, 0.29) is 18.3 Å². The van der Waals surface area contributed by atoms with Crippen LogP contribution in [0.5, 0.6) is 0 Å². The predicted octanol–water partition coefficient (Wildman–Crippen LogP) is 1.86. The number of nitrogens with one attached hydrogen (secondary N) is 1. The van der Waals surface area contributed by atoms with E-state index in [0.717, 1.165) is 25.7 Å². The molecule has 0 bridgehead atoms. The highest BCUT2D eigenvalue weighted by Gasteiger charge is 2.16. The zero-order valence-corrected chi connectivity index (χ0v) is 9.36. The van der Waals surface area contributed by atoms with Crippen LogP contribution in [0, 0.1) is 0 Å². The Kier molecular flexibility index (Phi) is 5.18. The molecule has 1 rings (SSSR count). The van der Waals surface area contributed by atoms with Crippen LogP contribution < -0.4 is 5.32 Å². The topological polar surface area (TPSA) is 47.6 Å². The Bertz CT molecular complexity index is 228. The third-order valence-corrected chi connectivity index (χ3v) is 2.58. The van der Waals surface area contributed by atoms with E-state index in [1.165, 1.54) is 0 Å². The van der Waals surface area contributed by atoms with E-state index in [1.54, 1.807) is 14.2 Å².